The Hall–Kier alpha value is -4.24. The van der Waals surface area contributed by atoms with Crippen molar-refractivity contribution < 1.29 is 18.8 Å². The van der Waals surface area contributed by atoms with Gasteiger partial charge in [-0.3, -0.25) is 14.6 Å². The fourth-order valence-corrected chi connectivity index (χ4v) is 4.94. The molecule has 0 bridgehead atoms. The molecule has 0 radical (unpaired) electrons. The molecule has 2 aliphatic rings. The van der Waals surface area contributed by atoms with Crippen LogP contribution in [0.2, 0.25) is 0 Å². The third kappa shape index (κ3) is 4.90. The van der Waals surface area contributed by atoms with Crippen LogP contribution in [0.4, 0.5) is 9.18 Å². The van der Waals surface area contributed by atoms with E-state index in [0.717, 1.165) is 5.56 Å². The quantitative estimate of drug-likeness (QED) is 0.563. The fourth-order valence-electron chi connectivity index (χ4n) is 4.94. The number of fused-ring (bicyclic) bond motifs is 1. The molecule has 37 heavy (non-hydrogen) atoms. The van der Waals surface area contributed by atoms with E-state index in [1.807, 2.05) is 48.5 Å². The Labute approximate surface area is 214 Å². The number of hydrazine groups is 1. The van der Waals surface area contributed by atoms with E-state index in [1.165, 1.54) is 11.1 Å². The lowest BCUT2D eigenvalue weighted by molar-refractivity contribution is -0.157. The van der Waals surface area contributed by atoms with E-state index in [-0.39, 0.29) is 37.5 Å². The molecule has 3 aromatic rings. The minimum atomic E-state index is -0.870. The number of nitrogens with one attached hydrogen (secondary N) is 1. The topological polar surface area (TPSA) is 76.2 Å². The van der Waals surface area contributed by atoms with Crippen LogP contribution in [0, 0.1) is 5.82 Å². The number of halogens is 1. The number of piperazine rings is 1. The zero-order valence-electron chi connectivity index (χ0n) is 20.5. The van der Waals surface area contributed by atoms with Gasteiger partial charge >= 0.3 is 6.03 Å². The summed E-state index contributed by atoms with van der Waals surface area (Å²) in [5.41, 5.74) is 2.01. The molecule has 2 aliphatic heterocycles. The van der Waals surface area contributed by atoms with Gasteiger partial charge in [-0.15, -0.1) is 0 Å². The summed E-state index contributed by atoms with van der Waals surface area (Å²) in [5.74, 6) is -0.928. The number of carbonyl (C=O) groups is 3. The van der Waals surface area contributed by atoms with E-state index in [1.54, 1.807) is 52.2 Å². The third-order valence-corrected chi connectivity index (χ3v) is 6.86. The first kappa shape index (κ1) is 24.5. The SMILES string of the molecule is CN(C(=O)NCc1ccccc1)N1CC(=O)N2[C@@H](c3ccccc3)C(=O)N(Cc3ccccc3F)C[C@@H]21. The molecule has 8 nitrogen and oxygen atoms in total. The normalized spacial score (nSPS) is 19.6. The van der Waals surface area contributed by atoms with E-state index >= 15 is 0 Å². The van der Waals surface area contributed by atoms with Crippen LogP contribution in [-0.4, -0.2) is 64.0 Å². The molecular formula is C28H28FN5O3. The summed E-state index contributed by atoms with van der Waals surface area (Å²) in [6, 6.07) is 23.7. The van der Waals surface area contributed by atoms with E-state index in [9.17, 15) is 18.8 Å². The largest absolute Gasteiger partial charge is 0.333 e. The maximum atomic E-state index is 14.5. The van der Waals surface area contributed by atoms with Crippen molar-refractivity contribution in [3.8, 4) is 0 Å². The van der Waals surface area contributed by atoms with Gasteiger partial charge in [-0.1, -0.05) is 78.9 Å². The van der Waals surface area contributed by atoms with Gasteiger partial charge in [0, 0.05) is 25.7 Å². The van der Waals surface area contributed by atoms with Gasteiger partial charge in [-0.2, -0.15) is 5.01 Å². The van der Waals surface area contributed by atoms with Gasteiger partial charge in [0.25, 0.3) is 5.91 Å². The monoisotopic (exact) mass is 501 g/mol. The zero-order valence-corrected chi connectivity index (χ0v) is 20.5. The van der Waals surface area contributed by atoms with Crippen LogP contribution in [-0.2, 0) is 22.7 Å². The number of benzene rings is 3. The highest BCUT2D eigenvalue weighted by molar-refractivity contribution is 5.92. The van der Waals surface area contributed by atoms with Crippen molar-refractivity contribution in [2.24, 2.45) is 0 Å². The average molecular weight is 502 g/mol. The second-order valence-electron chi connectivity index (χ2n) is 9.17. The summed E-state index contributed by atoms with van der Waals surface area (Å²) in [7, 11) is 1.60. The van der Waals surface area contributed by atoms with Gasteiger partial charge in [0.1, 0.15) is 18.0 Å². The fraction of sp³-hybridized carbons (Fsp3) is 0.250. The van der Waals surface area contributed by atoms with Crippen LogP contribution in [0.25, 0.3) is 0 Å². The number of urea groups is 1. The highest BCUT2D eigenvalue weighted by atomic mass is 19.1. The number of nitrogens with zero attached hydrogens (tertiary/aromatic N) is 4. The molecule has 4 amide bonds. The van der Waals surface area contributed by atoms with E-state index in [0.29, 0.717) is 17.7 Å². The Kier molecular flexibility index (Phi) is 6.87. The Morgan fingerprint density at radius 2 is 1.62 bits per heavy atom. The van der Waals surface area contributed by atoms with Crippen LogP contribution < -0.4 is 5.32 Å². The van der Waals surface area contributed by atoms with E-state index in [4.69, 9.17) is 0 Å². The van der Waals surface area contributed by atoms with Crippen LogP contribution in [0.15, 0.2) is 84.9 Å². The Balaban J connectivity index is 1.42. The molecular weight excluding hydrogens is 473 g/mol. The molecule has 0 saturated carbocycles. The minimum Gasteiger partial charge on any atom is -0.333 e. The highest BCUT2D eigenvalue weighted by Gasteiger charge is 2.52. The van der Waals surface area contributed by atoms with Gasteiger partial charge in [-0.25, -0.2) is 9.18 Å². The van der Waals surface area contributed by atoms with Crippen LogP contribution in [0.3, 0.4) is 0 Å². The van der Waals surface area contributed by atoms with Gasteiger partial charge in [0.15, 0.2) is 0 Å². The molecule has 0 aliphatic carbocycles. The molecule has 2 heterocycles. The zero-order chi connectivity index (χ0) is 25.9. The van der Waals surface area contributed by atoms with Crippen molar-refractivity contribution in [2.45, 2.75) is 25.3 Å². The lowest BCUT2D eigenvalue weighted by Crippen LogP contribution is -2.62. The standard InChI is InChI=1S/C28H28FN5O3/c1-31(28(37)30-16-20-10-4-2-5-11-20)33-19-25(35)34-24(33)18-32(17-22-14-8-9-15-23(22)29)27(36)26(34)21-12-6-3-7-13-21/h2-15,24,26H,16-19H2,1H3,(H,30,37)/t24-,26+/m1/s1. The summed E-state index contributed by atoms with van der Waals surface area (Å²) in [5, 5.41) is 5.94. The predicted octanol–water partition coefficient (Wildman–Crippen LogP) is 3.14. The summed E-state index contributed by atoms with van der Waals surface area (Å²) < 4.78 is 14.5. The van der Waals surface area contributed by atoms with Crippen LogP contribution in [0.1, 0.15) is 22.7 Å². The first-order valence-corrected chi connectivity index (χ1v) is 12.1. The molecule has 5 rings (SSSR count). The maximum Gasteiger partial charge on any atom is 0.332 e. The van der Waals surface area contributed by atoms with Crippen molar-refractivity contribution in [2.75, 3.05) is 20.1 Å². The van der Waals surface area contributed by atoms with Crippen molar-refractivity contribution in [3.05, 3.63) is 107 Å². The van der Waals surface area contributed by atoms with Gasteiger partial charge < -0.3 is 15.1 Å². The molecule has 0 unspecified atom stereocenters. The maximum absolute atomic E-state index is 14.5. The summed E-state index contributed by atoms with van der Waals surface area (Å²) in [6.45, 7) is 0.485. The first-order valence-electron chi connectivity index (χ1n) is 12.1. The third-order valence-electron chi connectivity index (χ3n) is 6.86. The van der Waals surface area contributed by atoms with Gasteiger partial charge in [0.2, 0.25) is 5.91 Å². The van der Waals surface area contributed by atoms with Gasteiger partial charge in [-0.05, 0) is 17.2 Å². The molecule has 0 spiro atoms. The van der Waals surface area contributed by atoms with Crippen LogP contribution >= 0.6 is 0 Å². The Morgan fingerprint density at radius 3 is 2.32 bits per heavy atom. The molecule has 1 N–H and O–H groups in total. The van der Waals surface area contributed by atoms with Crippen LogP contribution in [0.5, 0.6) is 0 Å². The highest BCUT2D eigenvalue weighted by Crippen LogP contribution is 2.36. The molecule has 0 aromatic heterocycles. The summed E-state index contributed by atoms with van der Waals surface area (Å²) >= 11 is 0. The number of carbonyl (C=O) groups excluding carboxylic acids is 3. The smallest absolute Gasteiger partial charge is 0.332 e. The lowest BCUT2D eigenvalue weighted by atomic mass is 10.00. The summed E-state index contributed by atoms with van der Waals surface area (Å²) in [6.07, 6.45) is -0.588. The van der Waals surface area contributed by atoms with Crippen molar-refractivity contribution >= 4 is 17.8 Å². The molecule has 9 heteroatoms. The van der Waals surface area contributed by atoms with Crippen molar-refractivity contribution in [3.63, 3.8) is 0 Å². The molecule has 2 atom stereocenters. The lowest BCUT2D eigenvalue weighted by Gasteiger charge is -2.45. The van der Waals surface area contributed by atoms with Crippen molar-refractivity contribution in [1.82, 2.24) is 25.1 Å². The second kappa shape index (κ2) is 10.4. The summed E-state index contributed by atoms with van der Waals surface area (Å²) in [4.78, 5) is 43.1. The molecule has 190 valence electrons. The number of hydrogen-bond acceptors (Lipinski definition) is 4. The van der Waals surface area contributed by atoms with Gasteiger partial charge in [0.05, 0.1) is 13.1 Å². The molecule has 2 saturated heterocycles. The predicted molar refractivity (Wildman–Crippen MR) is 135 cm³/mol. The number of hydrogen-bond donors (Lipinski definition) is 1. The average Bonchev–Trinajstić information content (AvgIpc) is 3.25. The van der Waals surface area contributed by atoms with E-state index < -0.39 is 18.0 Å². The Bertz CT molecular complexity index is 1290. The molecule has 2 fully saturated rings. The van der Waals surface area contributed by atoms with E-state index in [2.05, 4.69) is 5.32 Å². The molecule has 3 aromatic carbocycles. The minimum absolute atomic E-state index is 0.0515. The number of rotatable bonds is 6. The second-order valence-corrected chi connectivity index (χ2v) is 9.17. The number of amides is 4. The first-order chi connectivity index (χ1) is 17.9. The Morgan fingerprint density at radius 1 is 0.973 bits per heavy atom. The van der Waals surface area contributed by atoms with Crippen molar-refractivity contribution in [1.29, 1.82) is 0 Å².